The summed E-state index contributed by atoms with van der Waals surface area (Å²) in [6.07, 6.45) is 0. The number of amides is 1. The molecule has 2 aromatic rings. The van der Waals surface area contributed by atoms with Crippen LogP contribution in [0.5, 0.6) is 0 Å². The maximum Gasteiger partial charge on any atom is 0.246 e. The number of para-hydroxylation sites is 1. The lowest BCUT2D eigenvalue weighted by molar-refractivity contribution is -0.116. The summed E-state index contributed by atoms with van der Waals surface area (Å²) in [5.74, 6) is -0.124. The van der Waals surface area contributed by atoms with Gasteiger partial charge in [-0.25, -0.2) is 0 Å². The number of benzene rings is 2. The Morgan fingerprint density at radius 3 is 2.48 bits per heavy atom. The van der Waals surface area contributed by atoms with Gasteiger partial charge in [0.15, 0.2) is 0 Å². The zero-order valence-electron chi connectivity index (χ0n) is 12.4. The second-order valence-corrected chi connectivity index (χ2v) is 5.54. The van der Waals surface area contributed by atoms with Gasteiger partial charge in [-0.15, -0.1) is 0 Å². The lowest BCUT2D eigenvalue weighted by Gasteiger charge is -2.16. The predicted octanol–water partition coefficient (Wildman–Crippen LogP) is 4.40. The first-order valence-electron chi connectivity index (χ1n) is 6.86. The van der Waals surface area contributed by atoms with Crippen LogP contribution in [0.25, 0.3) is 0 Å². The summed E-state index contributed by atoms with van der Waals surface area (Å²) in [6.45, 7) is 5.93. The molecule has 0 aliphatic rings. The van der Waals surface area contributed by atoms with Gasteiger partial charge in [0.1, 0.15) is 6.04 Å². The van der Waals surface area contributed by atoms with Gasteiger partial charge >= 0.3 is 0 Å². The molecule has 0 saturated carbocycles. The minimum Gasteiger partial charge on any atom is -0.374 e. The highest BCUT2D eigenvalue weighted by Crippen LogP contribution is 2.21. The molecule has 2 aromatic carbocycles. The summed E-state index contributed by atoms with van der Waals surface area (Å²) in [7, 11) is 0. The van der Waals surface area contributed by atoms with Crippen molar-refractivity contribution in [2.45, 2.75) is 26.8 Å². The minimum atomic E-state index is -0.358. The highest BCUT2D eigenvalue weighted by atomic mass is 35.5. The van der Waals surface area contributed by atoms with E-state index in [1.54, 1.807) is 12.1 Å². The van der Waals surface area contributed by atoms with Crippen molar-refractivity contribution in [3.63, 3.8) is 0 Å². The van der Waals surface area contributed by atoms with Crippen LogP contribution in [0.1, 0.15) is 18.1 Å². The molecular weight excluding hydrogens is 284 g/mol. The monoisotopic (exact) mass is 302 g/mol. The van der Waals surface area contributed by atoms with Gasteiger partial charge in [-0.3, -0.25) is 4.79 Å². The highest BCUT2D eigenvalue weighted by Gasteiger charge is 2.14. The highest BCUT2D eigenvalue weighted by molar-refractivity contribution is 6.33. The van der Waals surface area contributed by atoms with Gasteiger partial charge in [-0.05, 0) is 56.2 Å². The molecule has 110 valence electrons. The van der Waals surface area contributed by atoms with Crippen LogP contribution in [0.4, 0.5) is 11.4 Å². The molecule has 21 heavy (non-hydrogen) atoms. The number of halogens is 1. The summed E-state index contributed by atoms with van der Waals surface area (Å²) in [6, 6.07) is 12.9. The molecule has 2 N–H and O–H groups in total. The Kier molecular flexibility index (Phi) is 4.86. The minimum absolute atomic E-state index is 0.124. The number of carbonyl (C=O) groups is 1. The number of anilines is 2. The van der Waals surface area contributed by atoms with E-state index in [1.807, 2.05) is 37.3 Å². The molecule has 1 atom stereocenters. The smallest absolute Gasteiger partial charge is 0.246 e. The average Bonchev–Trinajstić information content (AvgIpc) is 2.45. The van der Waals surface area contributed by atoms with Gasteiger partial charge in [0.2, 0.25) is 5.91 Å². The summed E-state index contributed by atoms with van der Waals surface area (Å²) in [5.41, 5.74) is 3.98. The van der Waals surface area contributed by atoms with E-state index < -0.39 is 0 Å². The van der Waals surface area contributed by atoms with Gasteiger partial charge in [-0.1, -0.05) is 29.8 Å². The predicted molar refractivity (Wildman–Crippen MR) is 89.1 cm³/mol. The van der Waals surface area contributed by atoms with Gasteiger partial charge in [0.05, 0.1) is 10.7 Å². The Hall–Kier alpha value is -2.00. The topological polar surface area (TPSA) is 41.1 Å². The quantitative estimate of drug-likeness (QED) is 0.879. The Labute approximate surface area is 130 Å². The Balaban J connectivity index is 2.02. The molecule has 0 saturated heterocycles. The number of carbonyl (C=O) groups excluding carboxylic acids is 1. The molecule has 0 aliphatic heterocycles. The van der Waals surface area contributed by atoms with Crippen molar-refractivity contribution in [3.05, 3.63) is 58.6 Å². The SMILES string of the molecule is Cc1ccc(NC(C)C(=O)Nc2ccccc2Cl)cc1C. The summed E-state index contributed by atoms with van der Waals surface area (Å²) < 4.78 is 0. The van der Waals surface area contributed by atoms with E-state index >= 15 is 0 Å². The van der Waals surface area contributed by atoms with Crippen LogP contribution < -0.4 is 10.6 Å². The maximum atomic E-state index is 12.2. The number of rotatable bonds is 4. The molecule has 1 amide bonds. The summed E-state index contributed by atoms with van der Waals surface area (Å²) in [4.78, 5) is 12.2. The first kappa shape index (κ1) is 15.4. The number of aryl methyl sites for hydroxylation is 2. The Bertz CT molecular complexity index is 655. The Morgan fingerprint density at radius 2 is 1.81 bits per heavy atom. The Morgan fingerprint density at radius 1 is 1.10 bits per heavy atom. The van der Waals surface area contributed by atoms with Crippen molar-refractivity contribution in [2.24, 2.45) is 0 Å². The summed E-state index contributed by atoms with van der Waals surface area (Å²) >= 11 is 6.04. The van der Waals surface area contributed by atoms with Crippen molar-refractivity contribution in [1.29, 1.82) is 0 Å². The van der Waals surface area contributed by atoms with Crippen molar-refractivity contribution in [2.75, 3.05) is 10.6 Å². The molecule has 0 heterocycles. The zero-order chi connectivity index (χ0) is 15.4. The van der Waals surface area contributed by atoms with E-state index in [0.717, 1.165) is 5.69 Å². The lowest BCUT2D eigenvalue weighted by Crippen LogP contribution is -2.31. The van der Waals surface area contributed by atoms with Crippen LogP contribution in [0.2, 0.25) is 5.02 Å². The third-order valence-electron chi connectivity index (χ3n) is 3.42. The standard InChI is InChI=1S/C17H19ClN2O/c1-11-8-9-14(10-12(11)2)19-13(3)17(21)20-16-7-5-4-6-15(16)18/h4-10,13,19H,1-3H3,(H,20,21). The van der Waals surface area contributed by atoms with Crippen LogP contribution in [0.15, 0.2) is 42.5 Å². The van der Waals surface area contributed by atoms with Gasteiger partial charge in [-0.2, -0.15) is 0 Å². The van der Waals surface area contributed by atoms with E-state index in [9.17, 15) is 4.79 Å². The molecule has 0 spiro atoms. The van der Waals surface area contributed by atoms with Crippen LogP contribution in [0, 0.1) is 13.8 Å². The largest absolute Gasteiger partial charge is 0.374 e. The molecular formula is C17H19ClN2O. The van der Waals surface area contributed by atoms with E-state index in [1.165, 1.54) is 11.1 Å². The maximum absolute atomic E-state index is 12.2. The third kappa shape index (κ3) is 3.99. The molecule has 1 unspecified atom stereocenters. The normalized spacial score (nSPS) is 11.8. The number of nitrogens with one attached hydrogen (secondary N) is 2. The van der Waals surface area contributed by atoms with Crippen LogP contribution in [-0.2, 0) is 4.79 Å². The third-order valence-corrected chi connectivity index (χ3v) is 3.74. The zero-order valence-corrected chi connectivity index (χ0v) is 13.2. The molecule has 0 fully saturated rings. The van der Waals surface area contributed by atoms with E-state index in [2.05, 4.69) is 24.5 Å². The molecule has 2 rings (SSSR count). The number of hydrogen-bond donors (Lipinski definition) is 2. The van der Waals surface area contributed by atoms with Gasteiger partial charge in [0.25, 0.3) is 0 Å². The first-order chi connectivity index (χ1) is 9.97. The van der Waals surface area contributed by atoms with Crippen molar-refractivity contribution in [1.82, 2.24) is 0 Å². The molecule has 3 nitrogen and oxygen atoms in total. The molecule has 0 aliphatic carbocycles. The van der Waals surface area contributed by atoms with Gasteiger partial charge < -0.3 is 10.6 Å². The van der Waals surface area contributed by atoms with E-state index in [0.29, 0.717) is 10.7 Å². The fourth-order valence-electron chi connectivity index (χ4n) is 1.95. The molecule has 0 aromatic heterocycles. The van der Waals surface area contributed by atoms with Crippen molar-refractivity contribution < 1.29 is 4.79 Å². The van der Waals surface area contributed by atoms with Crippen LogP contribution >= 0.6 is 11.6 Å². The fourth-order valence-corrected chi connectivity index (χ4v) is 2.13. The fraction of sp³-hybridized carbons (Fsp3) is 0.235. The lowest BCUT2D eigenvalue weighted by atomic mass is 10.1. The average molecular weight is 303 g/mol. The molecule has 4 heteroatoms. The van der Waals surface area contributed by atoms with Crippen LogP contribution in [-0.4, -0.2) is 11.9 Å². The van der Waals surface area contributed by atoms with E-state index in [4.69, 9.17) is 11.6 Å². The second-order valence-electron chi connectivity index (χ2n) is 5.13. The second kappa shape index (κ2) is 6.64. The van der Waals surface area contributed by atoms with Crippen molar-refractivity contribution >= 4 is 28.9 Å². The van der Waals surface area contributed by atoms with Crippen LogP contribution in [0.3, 0.4) is 0 Å². The molecule has 0 radical (unpaired) electrons. The first-order valence-corrected chi connectivity index (χ1v) is 7.24. The number of hydrogen-bond acceptors (Lipinski definition) is 2. The van der Waals surface area contributed by atoms with Gasteiger partial charge in [0, 0.05) is 5.69 Å². The summed E-state index contributed by atoms with van der Waals surface area (Å²) in [5, 5.41) is 6.55. The van der Waals surface area contributed by atoms with E-state index in [-0.39, 0.29) is 11.9 Å². The molecule has 0 bridgehead atoms. The van der Waals surface area contributed by atoms with Crippen molar-refractivity contribution in [3.8, 4) is 0 Å².